The van der Waals surface area contributed by atoms with Crippen molar-refractivity contribution < 1.29 is 5.11 Å². The summed E-state index contributed by atoms with van der Waals surface area (Å²) in [5, 5.41) is 9.79. The molecule has 13 heavy (non-hydrogen) atoms. The maximum atomic E-state index is 9.79. The lowest BCUT2D eigenvalue weighted by atomic mass is 9.70. The van der Waals surface area contributed by atoms with Gasteiger partial charge in [-0.15, -0.1) is 0 Å². The molecule has 1 aromatic carbocycles. The number of allylic oxidation sites excluding steroid dienone is 1. The molecule has 0 spiro atoms. The van der Waals surface area contributed by atoms with Gasteiger partial charge in [0.1, 0.15) is 0 Å². The van der Waals surface area contributed by atoms with Gasteiger partial charge in [0.15, 0.2) is 0 Å². The second-order valence-corrected chi connectivity index (χ2v) is 3.95. The minimum absolute atomic E-state index is 0.162. The summed E-state index contributed by atoms with van der Waals surface area (Å²) in [5.41, 5.74) is 2.74. The normalized spacial score (nSPS) is 34.7. The van der Waals surface area contributed by atoms with Crippen LogP contribution in [0, 0.1) is 0 Å². The van der Waals surface area contributed by atoms with E-state index in [-0.39, 0.29) is 12.0 Å². The van der Waals surface area contributed by atoms with Crippen molar-refractivity contribution in [3.05, 3.63) is 47.5 Å². The number of benzene rings is 1. The first kappa shape index (κ1) is 7.34. The van der Waals surface area contributed by atoms with E-state index in [1.807, 2.05) is 0 Å². The molecular weight excluding hydrogens is 160 g/mol. The summed E-state index contributed by atoms with van der Waals surface area (Å²) in [6.45, 7) is 0. The Balaban J connectivity index is 2.21. The van der Waals surface area contributed by atoms with Gasteiger partial charge in [0.2, 0.25) is 0 Å². The highest BCUT2D eigenvalue weighted by Crippen LogP contribution is 2.44. The molecule has 0 amide bonds. The Labute approximate surface area is 77.7 Å². The van der Waals surface area contributed by atoms with Crippen LogP contribution >= 0.6 is 0 Å². The summed E-state index contributed by atoms with van der Waals surface area (Å²) < 4.78 is 0. The van der Waals surface area contributed by atoms with Gasteiger partial charge in [-0.1, -0.05) is 36.4 Å². The van der Waals surface area contributed by atoms with Gasteiger partial charge in [-0.25, -0.2) is 0 Å². The molecule has 0 saturated carbocycles. The molecule has 3 atom stereocenters. The Morgan fingerprint density at radius 2 is 1.85 bits per heavy atom. The third-order valence-electron chi connectivity index (χ3n) is 3.22. The maximum absolute atomic E-state index is 9.79. The van der Waals surface area contributed by atoms with Crippen molar-refractivity contribution in [2.75, 3.05) is 0 Å². The lowest BCUT2D eigenvalue weighted by Crippen LogP contribution is -2.29. The van der Waals surface area contributed by atoms with Crippen molar-refractivity contribution in [2.24, 2.45) is 0 Å². The molecule has 0 radical (unpaired) electrons. The van der Waals surface area contributed by atoms with Gasteiger partial charge in [0.25, 0.3) is 0 Å². The zero-order chi connectivity index (χ0) is 8.84. The quantitative estimate of drug-likeness (QED) is 0.595. The van der Waals surface area contributed by atoms with E-state index in [1.54, 1.807) is 0 Å². The van der Waals surface area contributed by atoms with Gasteiger partial charge in [0.05, 0.1) is 6.10 Å². The predicted molar refractivity (Wildman–Crippen MR) is 51.7 cm³/mol. The molecule has 1 heteroatoms. The van der Waals surface area contributed by atoms with Crippen molar-refractivity contribution in [2.45, 2.75) is 24.4 Å². The van der Waals surface area contributed by atoms with Crippen LogP contribution in [0.1, 0.15) is 29.4 Å². The molecule has 0 heterocycles. The largest absolute Gasteiger partial charge is 0.392 e. The van der Waals surface area contributed by atoms with Crippen LogP contribution in [0.15, 0.2) is 36.4 Å². The van der Waals surface area contributed by atoms with E-state index in [2.05, 4.69) is 36.4 Å². The van der Waals surface area contributed by atoms with Crippen molar-refractivity contribution in [1.29, 1.82) is 0 Å². The number of fused-ring (bicyclic) bond motifs is 1. The summed E-state index contributed by atoms with van der Waals surface area (Å²) in [7, 11) is 0. The van der Waals surface area contributed by atoms with E-state index >= 15 is 0 Å². The van der Waals surface area contributed by atoms with Crippen LogP contribution in [0.5, 0.6) is 0 Å². The second-order valence-electron chi connectivity index (χ2n) is 3.95. The molecule has 1 nitrogen and oxygen atoms in total. The Morgan fingerprint density at radius 3 is 2.62 bits per heavy atom. The summed E-state index contributed by atoms with van der Waals surface area (Å²) in [5.74, 6) is 0.706. The van der Waals surface area contributed by atoms with Crippen molar-refractivity contribution in [1.82, 2.24) is 0 Å². The first-order valence-corrected chi connectivity index (χ1v) is 4.81. The van der Waals surface area contributed by atoms with E-state index in [4.69, 9.17) is 0 Å². The number of hydrogen-bond acceptors (Lipinski definition) is 1. The number of aliphatic hydroxyl groups is 1. The first-order chi connectivity index (χ1) is 6.36. The molecule has 0 unspecified atom stereocenters. The predicted octanol–water partition coefficient (Wildman–Crippen LogP) is 2.19. The van der Waals surface area contributed by atoms with Gasteiger partial charge < -0.3 is 5.11 Å². The fraction of sp³-hybridized carbons (Fsp3) is 0.333. The van der Waals surface area contributed by atoms with Crippen LogP contribution in [0.3, 0.4) is 0 Å². The summed E-state index contributed by atoms with van der Waals surface area (Å²) >= 11 is 0. The Morgan fingerprint density at radius 1 is 1.08 bits per heavy atom. The number of hydrogen-bond donors (Lipinski definition) is 1. The molecule has 1 aromatic rings. The average molecular weight is 172 g/mol. The standard InChI is InChI=1S/C12H12O/c13-12-7-8-5-6-11(12)10-4-2-1-3-9(8)10/h1-6,8,11-13H,7H2/t8-,11+,12-/m1/s1. The lowest BCUT2D eigenvalue weighted by molar-refractivity contribution is 0.130. The Bertz CT molecular complexity index is 367. The van der Waals surface area contributed by atoms with Crippen molar-refractivity contribution in [3.63, 3.8) is 0 Å². The minimum atomic E-state index is -0.162. The van der Waals surface area contributed by atoms with Crippen LogP contribution in [0.4, 0.5) is 0 Å². The van der Waals surface area contributed by atoms with Crippen LogP contribution in [-0.2, 0) is 0 Å². The van der Waals surface area contributed by atoms with E-state index in [1.165, 1.54) is 11.1 Å². The van der Waals surface area contributed by atoms with Crippen LogP contribution in [0.25, 0.3) is 0 Å². The zero-order valence-corrected chi connectivity index (χ0v) is 7.35. The molecule has 3 aliphatic rings. The SMILES string of the molecule is O[C@@H]1C[C@H]2C=C[C@H]1c1ccccc12. The van der Waals surface area contributed by atoms with Crippen molar-refractivity contribution in [3.8, 4) is 0 Å². The first-order valence-electron chi connectivity index (χ1n) is 4.81. The molecule has 4 rings (SSSR count). The monoisotopic (exact) mass is 172 g/mol. The van der Waals surface area contributed by atoms with E-state index in [0.717, 1.165) is 6.42 Å². The summed E-state index contributed by atoms with van der Waals surface area (Å²) in [4.78, 5) is 0. The van der Waals surface area contributed by atoms with Gasteiger partial charge in [-0.2, -0.15) is 0 Å². The van der Waals surface area contributed by atoms with Gasteiger partial charge in [-0.3, -0.25) is 0 Å². The molecule has 66 valence electrons. The van der Waals surface area contributed by atoms with Gasteiger partial charge in [-0.05, 0) is 17.5 Å². The highest BCUT2D eigenvalue weighted by atomic mass is 16.3. The third kappa shape index (κ3) is 0.909. The fourth-order valence-corrected chi connectivity index (χ4v) is 2.56. The van der Waals surface area contributed by atoms with Gasteiger partial charge in [0, 0.05) is 11.8 Å². The molecule has 0 saturated heterocycles. The lowest BCUT2D eigenvalue weighted by Gasteiger charge is -2.37. The molecule has 2 bridgehead atoms. The van der Waals surface area contributed by atoms with Crippen LogP contribution in [0.2, 0.25) is 0 Å². The van der Waals surface area contributed by atoms with E-state index in [0.29, 0.717) is 5.92 Å². The molecule has 0 aliphatic heterocycles. The van der Waals surface area contributed by atoms with Crippen LogP contribution < -0.4 is 0 Å². The molecular formula is C12H12O. The Hall–Kier alpha value is -1.08. The third-order valence-corrected chi connectivity index (χ3v) is 3.22. The zero-order valence-electron chi connectivity index (χ0n) is 7.35. The average Bonchev–Trinajstić information content (AvgIpc) is 2.19. The number of aliphatic hydroxyl groups excluding tert-OH is 1. The molecule has 1 N–H and O–H groups in total. The van der Waals surface area contributed by atoms with Crippen LogP contribution in [-0.4, -0.2) is 11.2 Å². The number of rotatable bonds is 0. The molecule has 3 aliphatic carbocycles. The molecule has 0 aromatic heterocycles. The van der Waals surface area contributed by atoms with E-state index in [9.17, 15) is 5.11 Å². The summed E-state index contributed by atoms with van der Waals surface area (Å²) in [6, 6.07) is 8.46. The van der Waals surface area contributed by atoms with Crippen molar-refractivity contribution >= 4 is 0 Å². The second kappa shape index (κ2) is 2.46. The summed E-state index contributed by atoms with van der Waals surface area (Å²) in [6.07, 6.45) is 5.13. The fourth-order valence-electron chi connectivity index (χ4n) is 2.56. The van der Waals surface area contributed by atoms with Gasteiger partial charge >= 0.3 is 0 Å². The smallest absolute Gasteiger partial charge is 0.0652 e. The maximum Gasteiger partial charge on any atom is 0.0652 e. The molecule has 0 fully saturated rings. The Kier molecular flexibility index (Phi) is 1.39. The highest BCUT2D eigenvalue weighted by Gasteiger charge is 2.34. The minimum Gasteiger partial charge on any atom is -0.392 e. The topological polar surface area (TPSA) is 20.2 Å². The van der Waals surface area contributed by atoms with E-state index < -0.39 is 0 Å². The highest BCUT2D eigenvalue weighted by molar-refractivity contribution is 5.45.